The lowest BCUT2D eigenvalue weighted by molar-refractivity contribution is -0.206. The molecule has 3 rings (SSSR count). The van der Waals surface area contributed by atoms with E-state index in [1.54, 1.807) is 19.1 Å². The number of alkyl halides is 3. The van der Waals surface area contributed by atoms with Gasteiger partial charge in [0.15, 0.2) is 6.10 Å². The summed E-state index contributed by atoms with van der Waals surface area (Å²) in [4.78, 5) is 25.2. The number of rotatable bonds is 23. The molecular formula is C40H51F3O6. The highest BCUT2D eigenvalue weighted by Crippen LogP contribution is 2.28. The summed E-state index contributed by atoms with van der Waals surface area (Å²) in [6.45, 7) is 5.59. The van der Waals surface area contributed by atoms with Gasteiger partial charge in [0.1, 0.15) is 11.5 Å². The Morgan fingerprint density at radius 1 is 0.592 bits per heavy atom. The number of benzene rings is 3. The van der Waals surface area contributed by atoms with Gasteiger partial charge in [-0.25, -0.2) is 9.59 Å². The average molecular weight is 685 g/mol. The van der Waals surface area contributed by atoms with Crippen LogP contribution < -0.4 is 9.47 Å². The van der Waals surface area contributed by atoms with Gasteiger partial charge in [-0.2, -0.15) is 13.2 Å². The van der Waals surface area contributed by atoms with Crippen molar-refractivity contribution in [2.24, 2.45) is 0 Å². The number of carbonyl (C=O) groups is 2. The summed E-state index contributed by atoms with van der Waals surface area (Å²) in [7, 11) is 0. The van der Waals surface area contributed by atoms with Crippen molar-refractivity contribution < 1.29 is 41.7 Å². The van der Waals surface area contributed by atoms with E-state index in [4.69, 9.17) is 18.9 Å². The molecule has 0 aliphatic carbocycles. The Hall–Kier alpha value is -3.85. The number of hydrogen-bond acceptors (Lipinski definition) is 6. The number of hydrogen-bond donors (Lipinski definition) is 0. The third-order valence-corrected chi connectivity index (χ3v) is 8.20. The fourth-order valence-electron chi connectivity index (χ4n) is 5.31. The first-order valence-corrected chi connectivity index (χ1v) is 17.7. The summed E-state index contributed by atoms with van der Waals surface area (Å²) in [5.74, 6) is -0.744. The highest BCUT2D eigenvalue weighted by atomic mass is 19.4. The summed E-state index contributed by atoms with van der Waals surface area (Å²) in [5.41, 5.74) is 2.14. The van der Waals surface area contributed by atoms with Crippen LogP contribution in [-0.4, -0.2) is 44.0 Å². The molecule has 0 aromatic heterocycles. The first kappa shape index (κ1) is 39.6. The minimum absolute atomic E-state index is 0.0806. The minimum Gasteiger partial charge on any atom is -0.494 e. The monoisotopic (exact) mass is 684 g/mol. The van der Waals surface area contributed by atoms with Gasteiger partial charge in [0.05, 0.1) is 17.7 Å². The Balaban J connectivity index is 1.41. The lowest BCUT2D eigenvalue weighted by Gasteiger charge is -2.20. The molecule has 49 heavy (non-hydrogen) atoms. The Morgan fingerprint density at radius 3 is 1.65 bits per heavy atom. The van der Waals surface area contributed by atoms with Crippen molar-refractivity contribution in [1.29, 1.82) is 0 Å². The van der Waals surface area contributed by atoms with Crippen molar-refractivity contribution >= 4 is 11.9 Å². The van der Waals surface area contributed by atoms with Crippen LogP contribution in [0.25, 0.3) is 11.1 Å². The maximum absolute atomic E-state index is 13.4. The van der Waals surface area contributed by atoms with E-state index in [1.807, 2.05) is 36.4 Å². The molecule has 0 radical (unpaired) electrons. The quantitative estimate of drug-likeness (QED) is 0.0562. The second-order valence-corrected chi connectivity index (χ2v) is 12.2. The molecule has 6 nitrogen and oxygen atoms in total. The summed E-state index contributed by atoms with van der Waals surface area (Å²) in [6, 6.07) is 20.0. The SMILES string of the molecule is CCCCCCCCCCCCOc1ccc(-c2ccc(C(=O)Oc3ccc(C(=O)OC(CCCCOCC)C(F)(F)F)cc3)cc2)cc1. The van der Waals surface area contributed by atoms with Crippen LogP contribution >= 0.6 is 0 Å². The van der Waals surface area contributed by atoms with E-state index in [0.717, 1.165) is 23.3 Å². The van der Waals surface area contributed by atoms with Gasteiger partial charge in [-0.3, -0.25) is 0 Å². The lowest BCUT2D eigenvalue weighted by Crippen LogP contribution is -2.34. The Labute approximate surface area is 289 Å². The van der Waals surface area contributed by atoms with Crippen LogP contribution in [0.3, 0.4) is 0 Å². The molecule has 0 aliphatic heterocycles. The topological polar surface area (TPSA) is 71.1 Å². The molecule has 9 heteroatoms. The number of unbranched alkanes of at least 4 members (excludes halogenated alkanes) is 10. The molecule has 0 aliphatic rings. The first-order valence-electron chi connectivity index (χ1n) is 17.7. The van der Waals surface area contributed by atoms with Crippen molar-refractivity contribution in [3.63, 3.8) is 0 Å². The second kappa shape index (κ2) is 22.0. The number of ether oxygens (including phenoxy) is 4. The zero-order chi connectivity index (χ0) is 35.3. The standard InChI is InChI=1S/C40H51F3O6/c1-3-5-6-7-8-9-10-11-12-14-30-47-35-25-21-32(22-26-35)31-17-19-33(20-18-31)38(44)48-36-27-23-34(24-28-36)39(45)49-37(40(41,42)43)16-13-15-29-46-4-2/h17-28,37H,3-16,29-30H2,1-2H3. The maximum atomic E-state index is 13.4. The molecule has 3 aromatic carbocycles. The molecular weight excluding hydrogens is 633 g/mol. The Kier molecular flexibility index (Phi) is 17.8. The Morgan fingerprint density at radius 2 is 1.08 bits per heavy atom. The molecule has 1 atom stereocenters. The number of halogens is 3. The zero-order valence-electron chi connectivity index (χ0n) is 28.9. The molecule has 0 fully saturated rings. The molecule has 1 unspecified atom stereocenters. The van der Waals surface area contributed by atoms with Crippen molar-refractivity contribution in [3.05, 3.63) is 83.9 Å². The molecule has 0 heterocycles. The average Bonchev–Trinajstić information content (AvgIpc) is 3.10. The fraction of sp³-hybridized carbons (Fsp3) is 0.500. The van der Waals surface area contributed by atoms with Gasteiger partial charge in [0.2, 0.25) is 0 Å². The predicted octanol–water partition coefficient (Wildman–Crippen LogP) is 11.2. The predicted molar refractivity (Wildman–Crippen MR) is 186 cm³/mol. The summed E-state index contributed by atoms with van der Waals surface area (Å²) in [5, 5.41) is 0. The molecule has 0 spiro atoms. The van der Waals surface area contributed by atoms with Crippen LogP contribution in [0.4, 0.5) is 13.2 Å². The van der Waals surface area contributed by atoms with Crippen LogP contribution in [0.15, 0.2) is 72.8 Å². The molecule has 0 N–H and O–H groups in total. The van der Waals surface area contributed by atoms with Gasteiger partial charge in [-0.05, 0) is 92.3 Å². The van der Waals surface area contributed by atoms with Gasteiger partial charge in [-0.1, -0.05) is 89.0 Å². The van der Waals surface area contributed by atoms with E-state index in [2.05, 4.69) is 6.92 Å². The molecule has 0 saturated carbocycles. The van der Waals surface area contributed by atoms with Crippen LogP contribution in [0.2, 0.25) is 0 Å². The number of carbonyl (C=O) groups excluding carboxylic acids is 2. The minimum atomic E-state index is -4.68. The largest absolute Gasteiger partial charge is 0.494 e. The summed E-state index contributed by atoms with van der Waals surface area (Å²) >= 11 is 0. The highest BCUT2D eigenvalue weighted by Gasteiger charge is 2.42. The zero-order valence-corrected chi connectivity index (χ0v) is 28.9. The van der Waals surface area contributed by atoms with Crippen LogP contribution in [-0.2, 0) is 9.47 Å². The van der Waals surface area contributed by atoms with Crippen molar-refractivity contribution in [2.75, 3.05) is 19.8 Å². The third kappa shape index (κ3) is 15.1. The van der Waals surface area contributed by atoms with E-state index in [9.17, 15) is 22.8 Å². The molecule has 0 amide bonds. The van der Waals surface area contributed by atoms with Crippen LogP contribution in [0, 0.1) is 0 Å². The molecule has 0 bridgehead atoms. The van der Waals surface area contributed by atoms with Crippen molar-refractivity contribution in [2.45, 2.75) is 110 Å². The van der Waals surface area contributed by atoms with E-state index < -0.39 is 24.2 Å². The van der Waals surface area contributed by atoms with Crippen molar-refractivity contribution in [1.82, 2.24) is 0 Å². The smallest absolute Gasteiger partial charge is 0.425 e. The van der Waals surface area contributed by atoms with Gasteiger partial charge in [0.25, 0.3) is 0 Å². The van der Waals surface area contributed by atoms with Crippen LogP contribution in [0.1, 0.15) is 118 Å². The number of esters is 2. The van der Waals surface area contributed by atoms with E-state index >= 15 is 0 Å². The molecule has 268 valence electrons. The van der Waals surface area contributed by atoms with Gasteiger partial charge < -0.3 is 18.9 Å². The van der Waals surface area contributed by atoms with E-state index in [1.165, 1.54) is 82.1 Å². The van der Waals surface area contributed by atoms with Gasteiger partial charge >= 0.3 is 18.1 Å². The highest BCUT2D eigenvalue weighted by molar-refractivity contribution is 5.92. The molecule has 0 saturated heterocycles. The molecule has 3 aromatic rings. The maximum Gasteiger partial charge on any atom is 0.425 e. The normalized spacial score (nSPS) is 12.0. The van der Waals surface area contributed by atoms with E-state index in [-0.39, 0.29) is 24.2 Å². The van der Waals surface area contributed by atoms with Crippen molar-refractivity contribution in [3.8, 4) is 22.6 Å². The second-order valence-electron chi connectivity index (χ2n) is 12.2. The summed E-state index contributed by atoms with van der Waals surface area (Å²) in [6.07, 6.45) is 6.23. The van der Waals surface area contributed by atoms with Gasteiger partial charge in [0, 0.05) is 13.2 Å². The summed E-state index contributed by atoms with van der Waals surface area (Å²) < 4.78 is 61.5. The first-order chi connectivity index (χ1) is 23.7. The van der Waals surface area contributed by atoms with E-state index in [0.29, 0.717) is 31.8 Å². The third-order valence-electron chi connectivity index (χ3n) is 8.20. The fourth-order valence-corrected chi connectivity index (χ4v) is 5.31. The van der Waals surface area contributed by atoms with Crippen LogP contribution in [0.5, 0.6) is 11.5 Å². The lowest BCUT2D eigenvalue weighted by atomic mass is 10.0. The van der Waals surface area contributed by atoms with Gasteiger partial charge in [-0.15, -0.1) is 0 Å². The Bertz CT molecular complexity index is 1350.